The largest absolute Gasteiger partial charge is 0.432 e. The lowest BCUT2D eigenvalue weighted by Gasteiger charge is -2.60. The molecule has 28 heavy (non-hydrogen) atoms. The highest BCUT2D eigenvalue weighted by atomic mass is 28.4. The minimum absolute atomic E-state index is 0.0970. The van der Waals surface area contributed by atoms with E-state index in [2.05, 4.69) is 40.8 Å². The van der Waals surface area contributed by atoms with E-state index in [1.54, 1.807) is 0 Å². The molecule has 4 aliphatic rings. The minimum atomic E-state index is -2.15. The second-order valence-corrected chi connectivity index (χ2v) is 17.3. The molecule has 1 N–H and O–H groups in total. The minimum Gasteiger partial charge on any atom is -0.432 e. The van der Waals surface area contributed by atoms with E-state index in [-0.39, 0.29) is 5.04 Å². The highest BCUT2D eigenvalue weighted by molar-refractivity contribution is 6.72. The molecule has 0 aromatic rings. The zero-order chi connectivity index (χ0) is 20.5. The number of fused-ring (bicyclic) bond motifs is 5. The summed E-state index contributed by atoms with van der Waals surface area (Å²) in [6.45, 7) is 14.1. The molecule has 0 saturated heterocycles. The molecule has 0 bridgehead atoms. The van der Waals surface area contributed by atoms with Crippen LogP contribution in [0.2, 0.25) is 18.1 Å². The maximum absolute atomic E-state index is 12.1. The van der Waals surface area contributed by atoms with E-state index < -0.39 is 8.32 Å². The van der Waals surface area contributed by atoms with E-state index in [0.29, 0.717) is 22.5 Å². The highest BCUT2D eigenvalue weighted by Gasteiger charge is 2.60. The molecule has 0 aliphatic heterocycles. The fraction of sp³-hybridized carbons (Fsp3) is 0.960. The number of hydrogen-bond donors (Lipinski definition) is 1. The number of hydrogen-bond acceptors (Lipinski definition) is 2. The van der Waals surface area contributed by atoms with Crippen LogP contribution in [-0.2, 0) is 4.79 Å². The average Bonchev–Trinajstić information content (AvgIpc) is 2.91. The van der Waals surface area contributed by atoms with Gasteiger partial charge in [-0.2, -0.15) is 0 Å². The Morgan fingerprint density at radius 2 is 1.68 bits per heavy atom. The van der Waals surface area contributed by atoms with Gasteiger partial charge in [0.2, 0.25) is 0 Å². The molecule has 0 spiro atoms. The average molecular weight is 405 g/mol. The third-order valence-electron chi connectivity index (χ3n) is 11.1. The van der Waals surface area contributed by atoms with Crippen LogP contribution in [-0.4, -0.2) is 18.9 Å². The van der Waals surface area contributed by atoms with Crippen molar-refractivity contribution in [3.05, 3.63) is 0 Å². The van der Waals surface area contributed by atoms with Crippen LogP contribution in [0.5, 0.6) is 0 Å². The third-order valence-corrected chi connectivity index (χ3v) is 14.6. The van der Waals surface area contributed by atoms with Gasteiger partial charge in [-0.3, -0.25) is 4.79 Å². The number of carbonyl (C=O) groups is 1. The van der Waals surface area contributed by atoms with Gasteiger partial charge >= 0.3 is 0 Å². The van der Waals surface area contributed by atoms with Gasteiger partial charge in [-0.1, -0.05) is 27.7 Å². The number of rotatable bonds is 3. The summed E-state index contributed by atoms with van der Waals surface area (Å²) in [7, 11) is -2.15. The van der Waals surface area contributed by atoms with Gasteiger partial charge in [0.05, 0.1) is 0 Å². The van der Waals surface area contributed by atoms with Crippen LogP contribution < -0.4 is 0 Å². The molecule has 0 aromatic carbocycles. The summed E-state index contributed by atoms with van der Waals surface area (Å²) >= 11 is 0. The maximum atomic E-state index is 12.1. The van der Waals surface area contributed by atoms with Crippen molar-refractivity contribution >= 4 is 14.1 Å². The molecule has 4 fully saturated rings. The molecule has 0 heterocycles. The van der Waals surface area contributed by atoms with Crippen molar-refractivity contribution in [3.8, 4) is 0 Å². The second kappa shape index (κ2) is 6.67. The van der Waals surface area contributed by atoms with Crippen molar-refractivity contribution < 1.29 is 9.59 Å². The number of ketones is 1. The molecule has 4 saturated carbocycles. The Morgan fingerprint density at radius 3 is 2.36 bits per heavy atom. The summed E-state index contributed by atoms with van der Waals surface area (Å²) in [5, 5.41) is 0.0970. The second-order valence-electron chi connectivity index (χ2n) is 12.9. The van der Waals surface area contributed by atoms with Crippen LogP contribution in [0.25, 0.3) is 0 Å². The molecule has 4 rings (SSSR count). The number of carbonyl (C=O) groups excluding carboxylic acids is 1. The molecule has 4 aliphatic carbocycles. The van der Waals surface area contributed by atoms with E-state index in [0.717, 1.165) is 42.9 Å². The Balaban J connectivity index is 1.55. The first-order valence-corrected chi connectivity index (χ1v) is 15.1. The van der Waals surface area contributed by atoms with Crippen LogP contribution in [0.4, 0.5) is 0 Å². The predicted octanol–water partition coefficient (Wildman–Crippen LogP) is 6.58. The lowest BCUT2D eigenvalue weighted by atomic mass is 9.44. The smallest absolute Gasteiger partial charge is 0.188 e. The van der Waals surface area contributed by atoms with Crippen molar-refractivity contribution in [2.24, 2.45) is 40.4 Å². The monoisotopic (exact) mass is 404 g/mol. The predicted molar refractivity (Wildman–Crippen MR) is 119 cm³/mol. The molecular formula is C25H44O2Si. The molecule has 0 unspecified atom stereocenters. The first-order chi connectivity index (χ1) is 12.9. The molecule has 3 heteroatoms. The molecule has 2 nitrogen and oxygen atoms in total. The lowest BCUT2D eigenvalue weighted by molar-refractivity contribution is -0.139. The quantitative estimate of drug-likeness (QED) is 0.539. The van der Waals surface area contributed by atoms with Crippen LogP contribution in [0, 0.1) is 40.4 Å². The molecular weight excluding hydrogens is 360 g/mol. The topological polar surface area (TPSA) is 37.3 Å². The Hall–Kier alpha value is -0.153. The first kappa shape index (κ1) is 21.1. The first-order valence-electron chi connectivity index (χ1n) is 12.1. The summed E-state index contributed by atoms with van der Waals surface area (Å²) in [5.41, 5.74) is 0.904. The van der Waals surface area contributed by atoms with E-state index in [1.807, 2.05) is 0 Å². The van der Waals surface area contributed by atoms with Crippen molar-refractivity contribution in [1.29, 1.82) is 0 Å². The lowest BCUT2D eigenvalue weighted by Crippen LogP contribution is -2.53. The molecule has 0 radical (unpaired) electrons. The molecule has 0 amide bonds. The summed E-state index contributed by atoms with van der Waals surface area (Å²) in [6, 6.07) is 0. The van der Waals surface area contributed by atoms with Gasteiger partial charge in [0, 0.05) is 12.8 Å². The normalized spacial score (nSPS) is 46.7. The van der Waals surface area contributed by atoms with Gasteiger partial charge in [0.1, 0.15) is 5.78 Å². The summed E-state index contributed by atoms with van der Waals surface area (Å²) in [6.07, 6.45) is 12.3. The maximum Gasteiger partial charge on any atom is 0.188 e. The van der Waals surface area contributed by atoms with Crippen LogP contribution in [0.3, 0.4) is 0 Å². The molecule has 160 valence electrons. The Morgan fingerprint density at radius 1 is 1.00 bits per heavy atom. The Kier molecular flexibility index (Phi) is 5.03. The fourth-order valence-electron chi connectivity index (χ4n) is 8.36. The van der Waals surface area contributed by atoms with Crippen molar-refractivity contribution in [2.45, 2.75) is 110 Å². The molecule has 7 atom stereocenters. The van der Waals surface area contributed by atoms with Gasteiger partial charge in [-0.05, 0) is 110 Å². The van der Waals surface area contributed by atoms with Gasteiger partial charge in [-0.25, -0.2) is 0 Å². The SMILES string of the molecule is CC(C)(C[C@@H]1CC[C@@H]2[C@H]3CC[C@@H]4CC(=O)CC[C@@]4(C)[C@@H]3CC[C@@]12C)[Si](C)(C)O. The summed E-state index contributed by atoms with van der Waals surface area (Å²) < 4.78 is 0. The van der Waals surface area contributed by atoms with Crippen LogP contribution in [0.1, 0.15) is 91.9 Å². The fourth-order valence-corrected chi connectivity index (χ4v) is 9.10. The Labute approximate surface area is 174 Å². The zero-order valence-electron chi connectivity index (χ0n) is 19.3. The van der Waals surface area contributed by atoms with Gasteiger partial charge in [0.15, 0.2) is 8.32 Å². The third kappa shape index (κ3) is 3.09. The summed E-state index contributed by atoms with van der Waals surface area (Å²) in [5.74, 6) is 4.60. The molecule has 0 aromatic heterocycles. The van der Waals surface area contributed by atoms with Gasteiger partial charge < -0.3 is 4.80 Å². The van der Waals surface area contributed by atoms with Gasteiger partial charge in [-0.15, -0.1) is 0 Å². The number of Topliss-reactive ketones (excluding diaryl/α,β-unsaturated/α-hetero) is 1. The van der Waals surface area contributed by atoms with E-state index in [4.69, 9.17) is 0 Å². The van der Waals surface area contributed by atoms with Crippen LogP contribution >= 0.6 is 0 Å². The van der Waals surface area contributed by atoms with E-state index in [1.165, 1.54) is 44.9 Å². The Bertz CT molecular complexity index is 635. The zero-order valence-corrected chi connectivity index (χ0v) is 20.3. The van der Waals surface area contributed by atoms with E-state index in [9.17, 15) is 9.59 Å². The van der Waals surface area contributed by atoms with Crippen molar-refractivity contribution in [1.82, 2.24) is 0 Å². The van der Waals surface area contributed by atoms with Gasteiger partial charge in [0.25, 0.3) is 0 Å². The van der Waals surface area contributed by atoms with Crippen molar-refractivity contribution in [2.75, 3.05) is 0 Å². The van der Waals surface area contributed by atoms with Crippen molar-refractivity contribution in [3.63, 3.8) is 0 Å². The van der Waals surface area contributed by atoms with E-state index >= 15 is 0 Å². The van der Waals surface area contributed by atoms with Crippen LogP contribution in [0.15, 0.2) is 0 Å². The summed E-state index contributed by atoms with van der Waals surface area (Å²) in [4.78, 5) is 23.0. The standard InChI is InChI=1S/C25H44O2Si/c1-23(2,28(5,6)27)16-18-8-10-21-20-9-7-17-15-19(26)11-13-24(17,3)22(20)12-14-25(18,21)4/h17-18,20-22,27H,7-16H2,1-6H3/t17-,18+,20-,21-,22-,24-,25+/m1/s1. The highest BCUT2D eigenvalue weighted by Crippen LogP contribution is 2.68.